The molecule has 11 nitrogen and oxygen atoms in total. The maximum absolute atomic E-state index is 13.1. The number of amides is 3. The Balaban J connectivity index is 1.03. The number of carbonyl (C=O) groups is 3. The molecule has 11 heteroatoms. The van der Waals surface area contributed by atoms with Crippen molar-refractivity contribution in [2.45, 2.75) is 38.9 Å². The van der Waals surface area contributed by atoms with E-state index in [1.54, 1.807) is 30.7 Å². The van der Waals surface area contributed by atoms with Crippen molar-refractivity contribution in [2.24, 2.45) is 0 Å². The van der Waals surface area contributed by atoms with Gasteiger partial charge < -0.3 is 21.3 Å². The molecule has 1 aliphatic heterocycles. The monoisotopic (exact) mass is 626 g/mol. The lowest BCUT2D eigenvalue weighted by Crippen LogP contribution is -2.47. The van der Waals surface area contributed by atoms with Crippen LogP contribution in [-0.4, -0.2) is 38.7 Å². The molecule has 3 amide bonds. The maximum atomic E-state index is 13.1. The van der Waals surface area contributed by atoms with Crippen LogP contribution in [0.4, 0.5) is 23.0 Å². The van der Waals surface area contributed by atoms with Crippen LogP contribution in [0.2, 0.25) is 0 Å². The zero-order valence-electron chi connectivity index (χ0n) is 25.8. The highest BCUT2D eigenvalue weighted by atomic mass is 16.2. The fourth-order valence-electron chi connectivity index (χ4n) is 5.20. The third-order valence-corrected chi connectivity index (χ3v) is 7.80. The van der Waals surface area contributed by atoms with E-state index in [1.807, 2.05) is 79.7 Å². The first kappa shape index (κ1) is 31.1. The van der Waals surface area contributed by atoms with Gasteiger partial charge in [-0.05, 0) is 78.6 Å². The van der Waals surface area contributed by atoms with E-state index in [0.29, 0.717) is 43.1 Å². The first-order chi connectivity index (χ1) is 22.9. The van der Waals surface area contributed by atoms with Gasteiger partial charge in [0.15, 0.2) is 0 Å². The van der Waals surface area contributed by atoms with Crippen LogP contribution >= 0.6 is 0 Å². The summed E-state index contributed by atoms with van der Waals surface area (Å²) in [6.45, 7) is 3.13. The van der Waals surface area contributed by atoms with Crippen LogP contribution in [0.3, 0.4) is 0 Å². The molecule has 2 aromatic heterocycles. The van der Waals surface area contributed by atoms with E-state index in [2.05, 4.69) is 41.5 Å². The lowest BCUT2D eigenvalue weighted by Gasteiger charge is -2.24. The zero-order valence-corrected chi connectivity index (χ0v) is 25.8. The molecule has 1 aliphatic rings. The summed E-state index contributed by atoms with van der Waals surface area (Å²) < 4.78 is 0. The fourth-order valence-corrected chi connectivity index (χ4v) is 5.20. The molecular formula is C36H34N8O3. The smallest absolute Gasteiger partial charge is 0.255 e. The third kappa shape index (κ3) is 8.02. The van der Waals surface area contributed by atoms with E-state index in [9.17, 15) is 14.4 Å². The summed E-state index contributed by atoms with van der Waals surface area (Å²) in [5.74, 6) is -0.317. The van der Waals surface area contributed by atoms with E-state index in [4.69, 9.17) is 0 Å². The molecule has 1 saturated heterocycles. The largest absolute Gasteiger partial charge is 0.373 e. The number of aromatic nitrogens is 3. The predicted octanol–water partition coefficient (Wildman–Crippen LogP) is 5.35. The van der Waals surface area contributed by atoms with E-state index in [0.717, 1.165) is 39.3 Å². The van der Waals surface area contributed by atoms with Crippen LogP contribution < -0.4 is 26.6 Å². The number of piperidine rings is 1. The van der Waals surface area contributed by atoms with Crippen LogP contribution in [0.25, 0.3) is 11.3 Å². The molecule has 1 fully saturated rings. The third-order valence-electron chi connectivity index (χ3n) is 7.80. The highest BCUT2D eigenvalue weighted by molar-refractivity contribution is 6.04. The van der Waals surface area contributed by atoms with Gasteiger partial charge in [0.2, 0.25) is 17.8 Å². The second kappa shape index (κ2) is 14.4. The van der Waals surface area contributed by atoms with Gasteiger partial charge in [0.1, 0.15) is 6.04 Å². The Morgan fingerprint density at radius 2 is 1.77 bits per heavy atom. The minimum absolute atomic E-state index is 0.220. The van der Waals surface area contributed by atoms with Gasteiger partial charge in [0.05, 0.1) is 5.69 Å². The number of aryl methyl sites for hydroxylation is 1. The van der Waals surface area contributed by atoms with E-state index in [1.165, 1.54) is 0 Å². The Kier molecular flexibility index (Phi) is 9.54. The molecule has 5 N–H and O–H groups in total. The standard InChI is InChI=1S/C36H34N8O3/c1-23-8-13-28(19-32(23)43-36-39-18-16-30(42-36)27-6-4-17-37-21-27)40-34(46)25-11-9-24(10-12-25)20-38-22-26-5-2-3-7-29(26)41-31-14-15-33(45)44-35(31)47/h2-13,16-19,21,31,38,41H,14-15,20,22H2,1H3,(H,40,46)(H,39,42,43)(H,44,45,47). The van der Waals surface area contributed by atoms with Gasteiger partial charge in [-0.15, -0.1) is 0 Å². The van der Waals surface area contributed by atoms with Crippen LogP contribution in [0.5, 0.6) is 0 Å². The lowest BCUT2D eigenvalue weighted by atomic mass is 10.0. The highest BCUT2D eigenvalue weighted by Gasteiger charge is 2.26. The number of hydrogen-bond donors (Lipinski definition) is 5. The Bertz CT molecular complexity index is 1900. The van der Waals surface area contributed by atoms with Crippen molar-refractivity contribution in [3.05, 3.63) is 126 Å². The molecule has 1 unspecified atom stereocenters. The van der Waals surface area contributed by atoms with Crippen molar-refractivity contribution in [2.75, 3.05) is 16.0 Å². The van der Waals surface area contributed by atoms with Gasteiger partial charge in [-0.3, -0.25) is 24.7 Å². The number of anilines is 4. The summed E-state index contributed by atoms with van der Waals surface area (Å²) in [5.41, 5.74) is 7.45. The van der Waals surface area contributed by atoms with E-state index < -0.39 is 6.04 Å². The molecule has 6 rings (SSSR count). The van der Waals surface area contributed by atoms with Crippen molar-refractivity contribution in [1.29, 1.82) is 0 Å². The van der Waals surface area contributed by atoms with Crippen molar-refractivity contribution in [1.82, 2.24) is 25.6 Å². The molecular weight excluding hydrogens is 592 g/mol. The number of carbonyl (C=O) groups excluding carboxylic acids is 3. The van der Waals surface area contributed by atoms with Crippen molar-refractivity contribution < 1.29 is 14.4 Å². The predicted molar refractivity (Wildman–Crippen MR) is 181 cm³/mol. The number of imide groups is 1. The molecule has 0 aliphatic carbocycles. The maximum Gasteiger partial charge on any atom is 0.255 e. The first-order valence-corrected chi connectivity index (χ1v) is 15.3. The Labute approximate surface area is 272 Å². The van der Waals surface area contributed by atoms with Crippen molar-refractivity contribution >= 4 is 40.7 Å². The van der Waals surface area contributed by atoms with Gasteiger partial charge in [-0.25, -0.2) is 9.97 Å². The first-order valence-electron chi connectivity index (χ1n) is 15.3. The molecule has 0 spiro atoms. The second-order valence-electron chi connectivity index (χ2n) is 11.2. The normalized spacial score (nSPS) is 14.3. The van der Waals surface area contributed by atoms with Gasteiger partial charge in [-0.1, -0.05) is 36.4 Å². The molecule has 5 aromatic rings. The molecule has 236 valence electrons. The van der Waals surface area contributed by atoms with Crippen molar-refractivity contribution in [3.63, 3.8) is 0 Å². The average molecular weight is 627 g/mol. The molecule has 0 radical (unpaired) electrons. The van der Waals surface area contributed by atoms with Crippen LogP contribution in [-0.2, 0) is 22.7 Å². The molecule has 3 heterocycles. The molecule has 47 heavy (non-hydrogen) atoms. The van der Waals surface area contributed by atoms with Gasteiger partial charge in [0, 0.05) is 66.3 Å². The van der Waals surface area contributed by atoms with Gasteiger partial charge >= 0.3 is 0 Å². The van der Waals surface area contributed by atoms with Gasteiger partial charge in [-0.2, -0.15) is 0 Å². The zero-order chi connectivity index (χ0) is 32.6. The van der Waals surface area contributed by atoms with Crippen LogP contribution in [0.15, 0.2) is 104 Å². The SMILES string of the molecule is Cc1ccc(NC(=O)c2ccc(CNCc3ccccc3NC3CCC(=O)NC3=O)cc2)cc1Nc1nccc(-c2cccnc2)n1. The Morgan fingerprint density at radius 3 is 2.57 bits per heavy atom. The topological polar surface area (TPSA) is 150 Å². The summed E-state index contributed by atoms with van der Waals surface area (Å²) >= 11 is 0. The molecule has 1 atom stereocenters. The molecule has 0 bridgehead atoms. The summed E-state index contributed by atoms with van der Waals surface area (Å²) in [6.07, 6.45) is 5.94. The van der Waals surface area contributed by atoms with E-state index in [-0.39, 0.29) is 17.7 Å². The summed E-state index contributed by atoms with van der Waals surface area (Å²) in [6, 6.07) is 26.0. The van der Waals surface area contributed by atoms with Gasteiger partial charge in [0.25, 0.3) is 5.91 Å². The molecule has 3 aromatic carbocycles. The Hall–Kier alpha value is -5.94. The van der Waals surface area contributed by atoms with Crippen molar-refractivity contribution in [3.8, 4) is 11.3 Å². The number of benzene rings is 3. The fraction of sp³-hybridized carbons (Fsp3) is 0.167. The summed E-state index contributed by atoms with van der Waals surface area (Å²) in [7, 11) is 0. The van der Waals surface area contributed by atoms with Crippen LogP contribution in [0, 0.1) is 6.92 Å². The quantitative estimate of drug-likeness (QED) is 0.122. The molecule has 0 saturated carbocycles. The average Bonchev–Trinajstić information content (AvgIpc) is 3.09. The highest BCUT2D eigenvalue weighted by Crippen LogP contribution is 2.25. The number of hydrogen-bond acceptors (Lipinski definition) is 9. The minimum atomic E-state index is -0.445. The van der Waals surface area contributed by atoms with E-state index >= 15 is 0 Å². The van der Waals surface area contributed by atoms with Crippen LogP contribution in [0.1, 0.15) is 39.9 Å². The number of nitrogens with one attached hydrogen (secondary N) is 5. The number of para-hydroxylation sites is 1. The number of rotatable bonds is 11. The lowest BCUT2D eigenvalue weighted by molar-refractivity contribution is -0.133. The second-order valence-corrected chi connectivity index (χ2v) is 11.2. The Morgan fingerprint density at radius 1 is 0.915 bits per heavy atom. The summed E-state index contributed by atoms with van der Waals surface area (Å²) in [5, 5.41) is 15.3. The number of nitrogens with zero attached hydrogens (tertiary/aromatic N) is 3. The number of pyridine rings is 1. The minimum Gasteiger partial charge on any atom is -0.373 e. The summed E-state index contributed by atoms with van der Waals surface area (Å²) in [4.78, 5) is 49.9.